The first-order valence-corrected chi connectivity index (χ1v) is 5.18. The number of carboxylic acids is 1. The van der Waals surface area contributed by atoms with E-state index in [1.54, 1.807) is 6.07 Å². The number of rotatable bonds is 3. The molecule has 0 aliphatic carbocycles. The SMILES string of the molecule is O=NN1CC(C(=O)O)C(c2cccc(F)c2)C1. The molecule has 1 aliphatic rings. The molecule has 0 spiro atoms. The van der Waals surface area contributed by atoms with Crippen LogP contribution in [-0.2, 0) is 4.79 Å². The summed E-state index contributed by atoms with van der Waals surface area (Å²) in [6, 6.07) is 5.79. The maximum absolute atomic E-state index is 13.1. The number of carboxylic acid groups (broad SMARTS) is 1. The molecule has 17 heavy (non-hydrogen) atoms. The zero-order chi connectivity index (χ0) is 12.4. The van der Waals surface area contributed by atoms with E-state index in [9.17, 15) is 14.1 Å². The van der Waals surface area contributed by atoms with Gasteiger partial charge in [0, 0.05) is 12.5 Å². The van der Waals surface area contributed by atoms with Crippen molar-refractivity contribution in [2.75, 3.05) is 13.1 Å². The molecule has 1 fully saturated rings. The van der Waals surface area contributed by atoms with Crippen molar-refractivity contribution in [3.8, 4) is 0 Å². The lowest BCUT2D eigenvalue weighted by Crippen LogP contribution is -2.21. The second kappa shape index (κ2) is 4.48. The van der Waals surface area contributed by atoms with Gasteiger partial charge in [0.05, 0.1) is 17.7 Å². The molecule has 5 nitrogen and oxygen atoms in total. The van der Waals surface area contributed by atoms with Crippen molar-refractivity contribution in [2.45, 2.75) is 5.92 Å². The largest absolute Gasteiger partial charge is 0.481 e. The molecule has 0 saturated carbocycles. The van der Waals surface area contributed by atoms with Crippen molar-refractivity contribution >= 4 is 5.97 Å². The van der Waals surface area contributed by atoms with Crippen LogP contribution in [-0.4, -0.2) is 29.2 Å². The van der Waals surface area contributed by atoms with E-state index in [4.69, 9.17) is 5.11 Å². The van der Waals surface area contributed by atoms with Crippen molar-refractivity contribution in [2.24, 2.45) is 11.2 Å². The van der Waals surface area contributed by atoms with Crippen molar-refractivity contribution < 1.29 is 14.3 Å². The molecule has 0 amide bonds. The van der Waals surface area contributed by atoms with Crippen LogP contribution in [0.1, 0.15) is 11.5 Å². The minimum atomic E-state index is -0.995. The van der Waals surface area contributed by atoms with Gasteiger partial charge < -0.3 is 5.11 Å². The van der Waals surface area contributed by atoms with Gasteiger partial charge in [-0.05, 0) is 17.7 Å². The molecule has 0 bridgehead atoms. The van der Waals surface area contributed by atoms with Crippen molar-refractivity contribution in [1.29, 1.82) is 0 Å². The molecule has 2 unspecified atom stereocenters. The Morgan fingerprint density at radius 3 is 2.82 bits per heavy atom. The summed E-state index contributed by atoms with van der Waals surface area (Å²) >= 11 is 0. The first-order valence-electron chi connectivity index (χ1n) is 5.18. The second-order valence-electron chi connectivity index (χ2n) is 4.06. The van der Waals surface area contributed by atoms with Gasteiger partial charge in [0.25, 0.3) is 0 Å². The van der Waals surface area contributed by atoms with E-state index in [2.05, 4.69) is 5.29 Å². The second-order valence-corrected chi connectivity index (χ2v) is 4.06. The third-order valence-electron chi connectivity index (χ3n) is 3.01. The standard InChI is InChI=1S/C11H11FN2O3/c12-8-3-1-2-7(4-8)9-5-14(13-17)6-10(9)11(15)16/h1-4,9-10H,5-6H2,(H,15,16). The van der Waals surface area contributed by atoms with Crippen LogP contribution in [0.15, 0.2) is 29.6 Å². The number of nitrogens with zero attached hydrogens (tertiary/aromatic N) is 2. The van der Waals surface area contributed by atoms with Crippen molar-refractivity contribution in [3.05, 3.63) is 40.6 Å². The number of nitroso groups, excluding NO2 is 1. The summed E-state index contributed by atoms with van der Waals surface area (Å²) in [5.41, 5.74) is 0.587. The Balaban J connectivity index is 2.29. The van der Waals surface area contributed by atoms with Gasteiger partial charge >= 0.3 is 5.97 Å². The Morgan fingerprint density at radius 1 is 1.47 bits per heavy atom. The van der Waals surface area contributed by atoms with Crippen LogP contribution in [0.25, 0.3) is 0 Å². The van der Waals surface area contributed by atoms with Gasteiger partial charge in [0.15, 0.2) is 0 Å². The summed E-state index contributed by atoms with van der Waals surface area (Å²) in [6.45, 7) is 0.282. The number of hydrogen-bond donors (Lipinski definition) is 1. The number of benzene rings is 1. The lowest BCUT2D eigenvalue weighted by Gasteiger charge is -2.14. The molecule has 6 heteroatoms. The number of carbonyl (C=O) groups is 1. The van der Waals surface area contributed by atoms with Gasteiger partial charge in [0.1, 0.15) is 5.82 Å². The van der Waals surface area contributed by atoms with Crippen LogP contribution in [0.4, 0.5) is 4.39 Å². The summed E-state index contributed by atoms with van der Waals surface area (Å²) in [6.07, 6.45) is 0. The van der Waals surface area contributed by atoms with Crippen LogP contribution < -0.4 is 0 Å². The van der Waals surface area contributed by atoms with Gasteiger partial charge in [-0.3, -0.25) is 9.80 Å². The van der Waals surface area contributed by atoms with Gasteiger partial charge in [0.2, 0.25) is 0 Å². The highest BCUT2D eigenvalue weighted by atomic mass is 19.1. The zero-order valence-electron chi connectivity index (χ0n) is 8.91. The molecular formula is C11H11FN2O3. The quantitative estimate of drug-likeness (QED) is 0.812. The lowest BCUT2D eigenvalue weighted by atomic mass is 9.89. The maximum atomic E-state index is 13.1. The Labute approximate surface area is 96.8 Å². The lowest BCUT2D eigenvalue weighted by molar-refractivity contribution is -0.141. The maximum Gasteiger partial charge on any atom is 0.309 e. The minimum Gasteiger partial charge on any atom is -0.481 e. The van der Waals surface area contributed by atoms with Gasteiger partial charge in [-0.2, -0.15) is 0 Å². The molecule has 2 atom stereocenters. The van der Waals surface area contributed by atoms with Crippen LogP contribution in [0, 0.1) is 16.6 Å². The summed E-state index contributed by atoms with van der Waals surface area (Å²) < 4.78 is 13.1. The average molecular weight is 238 g/mol. The van der Waals surface area contributed by atoms with E-state index in [-0.39, 0.29) is 13.1 Å². The summed E-state index contributed by atoms with van der Waals surface area (Å²) in [7, 11) is 0. The highest BCUT2D eigenvalue weighted by Crippen LogP contribution is 2.33. The molecule has 1 heterocycles. The molecule has 0 aromatic heterocycles. The van der Waals surface area contributed by atoms with Gasteiger partial charge in [-0.1, -0.05) is 12.1 Å². The summed E-state index contributed by atoms with van der Waals surface area (Å²) in [5, 5.41) is 13.0. The Kier molecular flexibility index (Phi) is 3.03. The Hall–Kier alpha value is -1.98. The molecule has 2 rings (SSSR count). The first-order chi connectivity index (χ1) is 8.11. The predicted molar refractivity (Wildman–Crippen MR) is 57.6 cm³/mol. The third kappa shape index (κ3) is 2.25. The van der Waals surface area contributed by atoms with Crippen LogP contribution in [0.5, 0.6) is 0 Å². The molecule has 1 aromatic rings. The van der Waals surface area contributed by atoms with E-state index in [1.807, 2.05) is 0 Å². The van der Waals surface area contributed by atoms with Crippen LogP contribution in [0.2, 0.25) is 0 Å². The number of hydrogen-bond acceptors (Lipinski definition) is 3. The van der Waals surface area contributed by atoms with Crippen LogP contribution in [0.3, 0.4) is 0 Å². The molecular weight excluding hydrogens is 227 g/mol. The summed E-state index contributed by atoms with van der Waals surface area (Å²) in [4.78, 5) is 21.5. The predicted octanol–water partition coefficient (Wildman–Crippen LogP) is 1.61. The smallest absolute Gasteiger partial charge is 0.309 e. The molecule has 1 aliphatic heterocycles. The highest BCUT2D eigenvalue weighted by molar-refractivity contribution is 5.72. The molecule has 1 saturated heterocycles. The highest BCUT2D eigenvalue weighted by Gasteiger charge is 2.39. The third-order valence-corrected chi connectivity index (χ3v) is 3.01. The van der Waals surface area contributed by atoms with E-state index in [1.165, 1.54) is 18.2 Å². The van der Waals surface area contributed by atoms with E-state index >= 15 is 0 Å². The fraction of sp³-hybridized carbons (Fsp3) is 0.364. The van der Waals surface area contributed by atoms with Gasteiger partial charge in [-0.25, -0.2) is 4.39 Å². The van der Waals surface area contributed by atoms with E-state index in [0.29, 0.717) is 5.56 Å². The molecule has 90 valence electrons. The van der Waals surface area contributed by atoms with E-state index in [0.717, 1.165) is 5.01 Å². The molecule has 1 N–H and O–H groups in total. The summed E-state index contributed by atoms with van der Waals surface area (Å²) in [5.74, 6) is -2.54. The Morgan fingerprint density at radius 2 is 2.24 bits per heavy atom. The Bertz CT molecular complexity index is 452. The number of aliphatic carboxylic acids is 1. The fourth-order valence-electron chi connectivity index (χ4n) is 2.17. The number of halogens is 1. The van der Waals surface area contributed by atoms with Gasteiger partial charge in [-0.15, -0.1) is 4.91 Å². The normalized spacial score (nSPS) is 23.7. The molecule has 1 aromatic carbocycles. The average Bonchev–Trinajstić information content (AvgIpc) is 2.73. The first kappa shape index (κ1) is 11.5. The zero-order valence-corrected chi connectivity index (χ0v) is 8.91. The van der Waals surface area contributed by atoms with E-state index < -0.39 is 23.6 Å². The monoisotopic (exact) mass is 238 g/mol. The minimum absolute atomic E-state index is 0.0695. The van der Waals surface area contributed by atoms with Crippen molar-refractivity contribution in [3.63, 3.8) is 0 Å². The van der Waals surface area contributed by atoms with Crippen LogP contribution >= 0.6 is 0 Å². The fourth-order valence-corrected chi connectivity index (χ4v) is 2.17. The topological polar surface area (TPSA) is 70.0 Å². The van der Waals surface area contributed by atoms with Crippen molar-refractivity contribution in [1.82, 2.24) is 5.01 Å². The molecule has 0 radical (unpaired) electrons.